The number of hydrogen-bond donors (Lipinski definition) is 0. The van der Waals surface area contributed by atoms with Crippen molar-refractivity contribution in [1.29, 1.82) is 0 Å². The molecule has 0 spiro atoms. The summed E-state index contributed by atoms with van der Waals surface area (Å²) in [6.07, 6.45) is 1.08. The van der Waals surface area contributed by atoms with Crippen LogP contribution >= 0.6 is 39.3 Å². The molecule has 0 heterocycles. The van der Waals surface area contributed by atoms with Gasteiger partial charge in [-0.15, -0.1) is 11.6 Å². The van der Waals surface area contributed by atoms with Crippen LogP contribution in [0.2, 0.25) is 0 Å². The van der Waals surface area contributed by atoms with Gasteiger partial charge in [0.1, 0.15) is 0 Å². The molecule has 0 amide bonds. The van der Waals surface area contributed by atoms with Crippen LogP contribution in [0.1, 0.15) is 18.9 Å². The Morgan fingerprint density at radius 3 is 2.93 bits per heavy atom. The Kier molecular flexibility index (Phi) is 5.99. The maximum atomic E-state index is 5.68. The first-order valence-electron chi connectivity index (χ1n) is 4.64. The molecule has 0 saturated heterocycles. The van der Waals surface area contributed by atoms with Crippen molar-refractivity contribution in [1.82, 2.24) is 0 Å². The molecule has 3 heteroatoms. The largest absolute Gasteiger partial charge is 0.154 e. The summed E-state index contributed by atoms with van der Waals surface area (Å²) in [5, 5.41) is 0.645. The summed E-state index contributed by atoms with van der Waals surface area (Å²) >= 11 is 11.1. The van der Waals surface area contributed by atoms with Gasteiger partial charge in [-0.25, -0.2) is 0 Å². The first kappa shape index (κ1) is 12.4. The van der Waals surface area contributed by atoms with E-state index in [2.05, 4.69) is 47.1 Å². The van der Waals surface area contributed by atoms with E-state index in [1.165, 1.54) is 5.56 Å². The lowest BCUT2D eigenvalue weighted by Gasteiger charge is -2.08. The van der Waals surface area contributed by atoms with Gasteiger partial charge in [0.25, 0.3) is 0 Å². The quantitative estimate of drug-likeness (QED) is 0.709. The zero-order valence-electron chi connectivity index (χ0n) is 8.17. The monoisotopic (exact) mass is 292 g/mol. The molecule has 0 nitrogen and oxygen atoms in total. The number of benzene rings is 1. The average Bonchev–Trinajstić information content (AvgIpc) is 2.15. The van der Waals surface area contributed by atoms with Gasteiger partial charge in [-0.1, -0.05) is 35.0 Å². The third-order valence-corrected chi connectivity index (χ3v) is 3.96. The van der Waals surface area contributed by atoms with Crippen LogP contribution in [0, 0.1) is 0 Å². The van der Waals surface area contributed by atoms with Crippen LogP contribution in [0.4, 0.5) is 0 Å². The summed E-state index contributed by atoms with van der Waals surface area (Å²) < 4.78 is 1.15. The van der Waals surface area contributed by atoms with E-state index >= 15 is 0 Å². The SMILES string of the molecule is CC(CCCl)SCc1cccc(Br)c1. The van der Waals surface area contributed by atoms with Gasteiger partial charge in [0.05, 0.1) is 0 Å². The maximum Gasteiger partial charge on any atom is 0.0233 e. The Morgan fingerprint density at radius 2 is 2.29 bits per heavy atom. The van der Waals surface area contributed by atoms with Crippen molar-refractivity contribution in [2.45, 2.75) is 24.3 Å². The van der Waals surface area contributed by atoms with Gasteiger partial charge in [-0.3, -0.25) is 0 Å². The fourth-order valence-electron chi connectivity index (χ4n) is 1.10. The second-order valence-corrected chi connectivity index (χ2v) is 5.95. The summed E-state index contributed by atoms with van der Waals surface area (Å²) in [5.41, 5.74) is 1.37. The van der Waals surface area contributed by atoms with Crippen molar-refractivity contribution in [2.24, 2.45) is 0 Å². The highest BCUT2D eigenvalue weighted by Crippen LogP contribution is 2.22. The molecule has 0 radical (unpaired) electrons. The Morgan fingerprint density at radius 1 is 1.50 bits per heavy atom. The topological polar surface area (TPSA) is 0 Å². The zero-order chi connectivity index (χ0) is 10.4. The van der Waals surface area contributed by atoms with Crippen LogP contribution in [0.15, 0.2) is 28.7 Å². The van der Waals surface area contributed by atoms with Crippen LogP contribution in [-0.2, 0) is 5.75 Å². The van der Waals surface area contributed by atoms with Crippen LogP contribution in [-0.4, -0.2) is 11.1 Å². The lowest BCUT2D eigenvalue weighted by molar-refractivity contribution is 0.912. The van der Waals surface area contributed by atoms with Crippen molar-refractivity contribution in [3.05, 3.63) is 34.3 Å². The molecule has 14 heavy (non-hydrogen) atoms. The Balaban J connectivity index is 2.37. The molecule has 0 fully saturated rings. The molecule has 0 aliphatic carbocycles. The van der Waals surface area contributed by atoms with Gasteiger partial charge in [-0.05, 0) is 24.1 Å². The molecule has 1 aromatic rings. The second-order valence-electron chi connectivity index (χ2n) is 3.23. The van der Waals surface area contributed by atoms with Crippen molar-refractivity contribution < 1.29 is 0 Å². The number of rotatable bonds is 5. The van der Waals surface area contributed by atoms with Crippen molar-refractivity contribution in [3.8, 4) is 0 Å². The minimum absolute atomic E-state index is 0.645. The molecule has 0 N–H and O–H groups in total. The first-order chi connectivity index (χ1) is 6.72. The van der Waals surface area contributed by atoms with E-state index in [4.69, 9.17) is 11.6 Å². The highest BCUT2D eigenvalue weighted by molar-refractivity contribution is 9.10. The van der Waals surface area contributed by atoms with Gasteiger partial charge in [0.15, 0.2) is 0 Å². The highest BCUT2D eigenvalue weighted by Gasteiger charge is 2.02. The average molecular weight is 294 g/mol. The Hall–Kier alpha value is 0.340. The van der Waals surface area contributed by atoms with Crippen LogP contribution in [0.5, 0.6) is 0 Å². The molecule has 0 aliphatic heterocycles. The molecule has 1 unspecified atom stereocenters. The maximum absolute atomic E-state index is 5.68. The predicted octanol–water partition coefficient (Wildman–Crippen LogP) is 4.70. The third-order valence-electron chi connectivity index (χ3n) is 1.94. The van der Waals surface area contributed by atoms with E-state index in [0.717, 1.165) is 22.5 Å². The van der Waals surface area contributed by atoms with Crippen molar-refractivity contribution >= 4 is 39.3 Å². The molecule has 0 aromatic heterocycles. The van der Waals surface area contributed by atoms with Crippen molar-refractivity contribution in [2.75, 3.05) is 5.88 Å². The number of hydrogen-bond acceptors (Lipinski definition) is 1. The normalized spacial score (nSPS) is 12.8. The molecule has 0 aliphatic rings. The summed E-state index contributed by atoms with van der Waals surface area (Å²) in [6, 6.07) is 8.45. The van der Waals surface area contributed by atoms with E-state index in [1.54, 1.807) is 0 Å². The summed E-state index contributed by atoms with van der Waals surface area (Å²) in [5.74, 6) is 1.82. The smallest absolute Gasteiger partial charge is 0.0233 e. The van der Waals surface area contributed by atoms with E-state index in [0.29, 0.717) is 5.25 Å². The summed E-state index contributed by atoms with van der Waals surface area (Å²) in [4.78, 5) is 0. The van der Waals surface area contributed by atoms with Gasteiger partial charge in [-0.2, -0.15) is 11.8 Å². The molecule has 1 rings (SSSR count). The Labute approximate surface area is 104 Å². The molecular weight excluding hydrogens is 280 g/mol. The fraction of sp³-hybridized carbons (Fsp3) is 0.455. The lowest BCUT2D eigenvalue weighted by Crippen LogP contribution is -1.97. The van der Waals surface area contributed by atoms with Crippen molar-refractivity contribution in [3.63, 3.8) is 0 Å². The summed E-state index contributed by atoms with van der Waals surface area (Å²) in [6.45, 7) is 2.23. The van der Waals surface area contributed by atoms with E-state index in [1.807, 2.05) is 11.8 Å². The number of thioether (sulfide) groups is 1. The van der Waals surface area contributed by atoms with E-state index < -0.39 is 0 Å². The second kappa shape index (κ2) is 6.76. The van der Waals surface area contributed by atoms with E-state index in [-0.39, 0.29) is 0 Å². The molecule has 1 atom stereocenters. The van der Waals surface area contributed by atoms with Crippen LogP contribution in [0.3, 0.4) is 0 Å². The molecule has 78 valence electrons. The number of alkyl halides is 1. The molecule has 0 bridgehead atoms. The molecule has 1 aromatic carbocycles. The first-order valence-corrected chi connectivity index (χ1v) is 7.02. The highest BCUT2D eigenvalue weighted by atomic mass is 79.9. The fourth-order valence-corrected chi connectivity index (χ4v) is 2.95. The standard InChI is InChI=1S/C11H14BrClS/c1-9(5-6-13)14-8-10-3-2-4-11(12)7-10/h2-4,7,9H,5-6,8H2,1H3. The number of halogens is 2. The molecule has 0 saturated carbocycles. The van der Waals surface area contributed by atoms with Crippen LogP contribution < -0.4 is 0 Å². The van der Waals surface area contributed by atoms with Gasteiger partial charge in [0.2, 0.25) is 0 Å². The van der Waals surface area contributed by atoms with Gasteiger partial charge in [0, 0.05) is 21.4 Å². The van der Waals surface area contributed by atoms with Gasteiger partial charge < -0.3 is 0 Å². The molecular formula is C11H14BrClS. The Bertz CT molecular complexity index is 278. The minimum atomic E-state index is 0.645. The van der Waals surface area contributed by atoms with E-state index in [9.17, 15) is 0 Å². The zero-order valence-corrected chi connectivity index (χ0v) is 11.3. The van der Waals surface area contributed by atoms with Crippen LogP contribution in [0.25, 0.3) is 0 Å². The predicted molar refractivity (Wildman–Crippen MR) is 70.2 cm³/mol. The summed E-state index contributed by atoms with van der Waals surface area (Å²) in [7, 11) is 0. The van der Waals surface area contributed by atoms with Gasteiger partial charge >= 0.3 is 0 Å². The minimum Gasteiger partial charge on any atom is -0.154 e. The third kappa shape index (κ3) is 4.72. The lowest BCUT2D eigenvalue weighted by atomic mass is 10.2.